The quantitative estimate of drug-likeness (QED) is 0.0857. The molecule has 0 aliphatic heterocycles. The van der Waals surface area contributed by atoms with E-state index in [-0.39, 0.29) is 0 Å². The molecule has 2 rings (SSSR count). The summed E-state index contributed by atoms with van der Waals surface area (Å²) in [6.45, 7) is 9.76. The molecule has 0 saturated heterocycles. The fourth-order valence-electron chi connectivity index (χ4n) is 3.58. The Morgan fingerprint density at radius 2 is 1.05 bits per heavy atom. The first kappa shape index (κ1) is 35.1. The van der Waals surface area contributed by atoms with Gasteiger partial charge in [-0.05, 0) is 41.5 Å². The van der Waals surface area contributed by atoms with Crippen molar-refractivity contribution in [3.8, 4) is 0 Å². The first-order valence-corrected chi connectivity index (χ1v) is 11.3. The van der Waals surface area contributed by atoms with Gasteiger partial charge in [0, 0.05) is 32.8 Å². The van der Waals surface area contributed by atoms with Gasteiger partial charge >= 0.3 is 18.2 Å². The van der Waals surface area contributed by atoms with Crippen molar-refractivity contribution in [1.29, 1.82) is 0 Å². The third-order valence-electron chi connectivity index (χ3n) is 4.86. The van der Waals surface area contributed by atoms with E-state index in [1.54, 1.807) is 47.0 Å². The maximum Gasteiger partial charge on any atom is 0.408 e. The average molecular weight is 563 g/mol. The number of hydrogen-bond acceptors (Lipinski definition) is 9. The minimum Gasteiger partial charge on any atom is -0.467 e. The van der Waals surface area contributed by atoms with Crippen LogP contribution >= 0.6 is 0 Å². The number of alkyl halides is 4. The van der Waals surface area contributed by atoms with Crippen LogP contribution in [0.1, 0.15) is 67.2 Å². The summed E-state index contributed by atoms with van der Waals surface area (Å²) < 4.78 is 65.9. The minimum atomic E-state index is -2.98. The number of methoxy groups -OCH3 is 1. The van der Waals surface area contributed by atoms with Crippen molar-refractivity contribution in [3.63, 3.8) is 0 Å². The van der Waals surface area contributed by atoms with Crippen LogP contribution in [0.2, 0.25) is 0 Å². The van der Waals surface area contributed by atoms with Gasteiger partial charge in [0.15, 0.2) is 5.54 Å². The second-order valence-corrected chi connectivity index (χ2v) is 10.8. The van der Waals surface area contributed by atoms with E-state index < -0.39 is 83.9 Å². The first-order valence-electron chi connectivity index (χ1n) is 11.3. The van der Waals surface area contributed by atoms with Gasteiger partial charge in [-0.1, -0.05) is 0 Å². The maximum atomic E-state index is 12.9. The monoisotopic (exact) mass is 562 g/mol. The van der Waals surface area contributed by atoms with Gasteiger partial charge in [0.05, 0.1) is 7.11 Å². The van der Waals surface area contributed by atoms with Gasteiger partial charge < -0.3 is 30.0 Å². The van der Waals surface area contributed by atoms with Crippen molar-refractivity contribution in [2.75, 3.05) is 14.2 Å². The summed E-state index contributed by atoms with van der Waals surface area (Å²) in [5.74, 6) is -2.78. The number of halogens is 4. The van der Waals surface area contributed by atoms with Gasteiger partial charge in [-0.25, -0.2) is 37.8 Å². The molecule has 2 aliphatic carbocycles. The van der Waals surface area contributed by atoms with Crippen LogP contribution in [-0.2, 0) is 23.8 Å². The number of amides is 3. The van der Waals surface area contributed by atoms with Crippen LogP contribution in [0, 0.1) is 0 Å². The highest BCUT2D eigenvalue weighted by atomic mass is 19.3. The van der Waals surface area contributed by atoms with E-state index in [2.05, 4.69) is 15.4 Å². The summed E-state index contributed by atoms with van der Waals surface area (Å²) in [5, 5.41) is 11.3. The van der Waals surface area contributed by atoms with Crippen molar-refractivity contribution in [2.24, 2.45) is 5.84 Å². The molecule has 6 N–H and O–H groups in total. The topological polar surface area (TPSA) is 178 Å². The number of aliphatic hydroxyl groups is 1. The molecule has 0 aromatic carbocycles. The maximum absolute atomic E-state index is 12.9. The molecular formula is C22H38F4N4O8. The molecule has 0 radical (unpaired) electrons. The van der Waals surface area contributed by atoms with Gasteiger partial charge in [-0.2, -0.15) is 0 Å². The van der Waals surface area contributed by atoms with E-state index >= 15 is 0 Å². The summed E-state index contributed by atoms with van der Waals surface area (Å²) in [5.41, 5.74) is -3.15. The van der Waals surface area contributed by atoms with Crippen LogP contribution in [0.3, 0.4) is 0 Å². The summed E-state index contributed by atoms with van der Waals surface area (Å²) in [7, 11) is 2.08. The highest BCUT2D eigenvalue weighted by Gasteiger charge is 2.63. The van der Waals surface area contributed by atoms with E-state index in [0.717, 1.165) is 14.2 Å². The standard InChI is InChI=1S/C11H17F2NO4.C10H17F2N3O3.CH4O/c1-9(2,3)18-8(16)14-10(7(15)17-4)5-11(12,13)6-10;1-8(2,3)18-7(17)14-9(6(16)15-13)4-10(11,12)5-9;1-2/h5-6H2,1-4H3,(H,14,16);4-5,13H2,1-3H3,(H,14,17)(H,15,16);2H,1H3. The molecule has 0 atom stereocenters. The molecule has 0 unspecified atom stereocenters. The summed E-state index contributed by atoms with van der Waals surface area (Å²) in [6.07, 6.45) is -4.97. The molecule has 2 saturated carbocycles. The molecule has 0 spiro atoms. The SMILES string of the molecule is CC(C)(C)OC(=O)NC1(C(=O)NN)CC(F)(F)C1.CO.COC(=O)C1(NC(=O)OC(C)(C)C)CC(F)(F)C1. The van der Waals surface area contributed by atoms with Gasteiger partial charge in [-0.15, -0.1) is 0 Å². The Labute approximate surface area is 218 Å². The van der Waals surface area contributed by atoms with E-state index in [9.17, 15) is 36.7 Å². The van der Waals surface area contributed by atoms with Crippen LogP contribution in [0.25, 0.3) is 0 Å². The Bertz CT molecular complexity index is 786. The second-order valence-electron chi connectivity index (χ2n) is 10.8. The number of carbonyl (C=O) groups is 4. The Morgan fingerprint density at radius 1 is 0.737 bits per heavy atom. The average Bonchev–Trinajstić information content (AvgIpc) is 2.68. The highest BCUT2D eigenvalue weighted by molar-refractivity contribution is 5.91. The largest absolute Gasteiger partial charge is 0.467 e. The zero-order chi connectivity index (χ0) is 30.4. The molecule has 2 aliphatic rings. The number of esters is 1. The number of hydrazine groups is 1. The van der Waals surface area contributed by atoms with Crippen molar-refractivity contribution >= 4 is 24.1 Å². The minimum absolute atomic E-state index is 0.770. The Morgan fingerprint density at radius 3 is 1.32 bits per heavy atom. The van der Waals surface area contributed by atoms with Crippen molar-refractivity contribution < 1.29 is 56.1 Å². The van der Waals surface area contributed by atoms with Gasteiger partial charge in [-0.3, -0.25) is 10.2 Å². The summed E-state index contributed by atoms with van der Waals surface area (Å²) >= 11 is 0. The summed E-state index contributed by atoms with van der Waals surface area (Å²) in [4.78, 5) is 46.0. The molecule has 12 nitrogen and oxygen atoms in total. The van der Waals surface area contributed by atoms with Gasteiger partial charge in [0.1, 0.15) is 16.7 Å². The number of carbonyl (C=O) groups excluding carboxylic acids is 4. The van der Waals surface area contributed by atoms with Crippen molar-refractivity contribution in [3.05, 3.63) is 0 Å². The number of alkyl carbamates (subject to hydrolysis) is 2. The first-order chi connectivity index (χ1) is 17.0. The molecule has 0 aromatic heterocycles. The fraction of sp³-hybridized carbons (Fsp3) is 0.818. The Hall–Kier alpha value is -2.88. The van der Waals surface area contributed by atoms with Crippen LogP contribution in [0.15, 0.2) is 0 Å². The molecule has 0 bridgehead atoms. The smallest absolute Gasteiger partial charge is 0.408 e. The van der Waals surface area contributed by atoms with Crippen molar-refractivity contribution in [1.82, 2.24) is 16.1 Å². The molecule has 0 aromatic rings. The van der Waals surface area contributed by atoms with E-state index in [0.29, 0.717) is 0 Å². The molecule has 3 amide bonds. The number of aliphatic hydroxyl groups excluding tert-OH is 1. The number of rotatable bonds is 4. The Balaban J connectivity index is 0.000000676. The number of nitrogens with two attached hydrogens (primary N) is 1. The van der Waals surface area contributed by atoms with E-state index in [1.807, 2.05) is 0 Å². The third-order valence-corrected chi connectivity index (χ3v) is 4.86. The van der Waals surface area contributed by atoms with Crippen LogP contribution in [0.5, 0.6) is 0 Å². The molecule has 38 heavy (non-hydrogen) atoms. The third kappa shape index (κ3) is 10.5. The molecule has 222 valence electrons. The van der Waals surface area contributed by atoms with Crippen LogP contribution in [-0.4, -0.2) is 77.5 Å². The summed E-state index contributed by atoms with van der Waals surface area (Å²) in [6, 6.07) is 0. The Kier molecular flexibility index (Phi) is 11.4. The van der Waals surface area contributed by atoms with E-state index in [4.69, 9.17) is 20.4 Å². The van der Waals surface area contributed by atoms with Gasteiger partial charge in [0.2, 0.25) is 0 Å². The molecule has 0 heterocycles. The lowest BCUT2D eigenvalue weighted by atomic mass is 9.73. The lowest BCUT2D eigenvalue weighted by molar-refractivity contribution is -0.179. The van der Waals surface area contributed by atoms with Crippen LogP contribution < -0.4 is 21.9 Å². The predicted octanol–water partition coefficient (Wildman–Crippen LogP) is 2.13. The number of hydrogen-bond donors (Lipinski definition) is 5. The zero-order valence-corrected chi connectivity index (χ0v) is 22.7. The normalized spacial score (nSPS) is 19.6. The predicted molar refractivity (Wildman–Crippen MR) is 125 cm³/mol. The lowest BCUT2D eigenvalue weighted by Crippen LogP contribution is -2.70. The zero-order valence-electron chi connectivity index (χ0n) is 22.7. The second kappa shape index (κ2) is 12.3. The van der Waals surface area contributed by atoms with Crippen LogP contribution in [0.4, 0.5) is 27.2 Å². The number of nitrogens with one attached hydrogen (secondary N) is 3. The van der Waals surface area contributed by atoms with E-state index in [1.165, 1.54) is 0 Å². The van der Waals surface area contributed by atoms with Gasteiger partial charge in [0.25, 0.3) is 17.8 Å². The van der Waals surface area contributed by atoms with Crippen molar-refractivity contribution in [2.45, 2.75) is 101 Å². The number of ether oxygens (including phenoxy) is 3. The molecule has 16 heteroatoms. The molecule has 2 fully saturated rings. The highest BCUT2D eigenvalue weighted by Crippen LogP contribution is 2.47. The molecular weight excluding hydrogens is 524 g/mol. The fourth-order valence-corrected chi connectivity index (χ4v) is 3.58. The lowest BCUT2D eigenvalue weighted by Gasteiger charge is -2.45.